The van der Waals surface area contributed by atoms with Gasteiger partial charge in [0.1, 0.15) is 5.78 Å². The summed E-state index contributed by atoms with van der Waals surface area (Å²) in [5, 5.41) is 0. The number of carbonyl (C=O) groups is 1. The van der Waals surface area contributed by atoms with Gasteiger partial charge in [0, 0.05) is 31.0 Å². The number of Topliss-reactive ketones (excluding diaryl/α,β-unsaturated/α-hetero) is 1. The maximum absolute atomic E-state index is 10.9. The minimum absolute atomic E-state index is 0.394. The van der Waals surface area contributed by atoms with Crippen LogP contribution in [-0.2, 0) is 4.79 Å². The molecule has 2 nitrogen and oxygen atoms in total. The van der Waals surface area contributed by atoms with Crippen molar-refractivity contribution in [3.8, 4) is 0 Å². The molecule has 1 fully saturated rings. The quantitative estimate of drug-likeness (QED) is 0.493. The summed E-state index contributed by atoms with van der Waals surface area (Å²) in [4.78, 5) is 15.3. The van der Waals surface area contributed by atoms with Gasteiger partial charge in [-0.15, -0.1) is 0 Å². The molecule has 10 heavy (non-hydrogen) atoms. The Labute approximate surface area is 60.3 Å². The van der Waals surface area contributed by atoms with Crippen molar-refractivity contribution >= 4 is 11.5 Å². The molecular weight excluding hydrogens is 126 g/mol. The molecule has 0 spiro atoms. The summed E-state index contributed by atoms with van der Waals surface area (Å²) in [7, 11) is 0. The van der Waals surface area contributed by atoms with E-state index in [0.29, 0.717) is 18.1 Å². The van der Waals surface area contributed by atoms with E-state index in [9.17, 15) is 4.79 Å². The highest BCUT2D eigenvalue weighted by Gasteiger charge is 2.29. The topological polar surface area (TPSA) is 29.4 Å². The van der Waals surface area contributed by atoms with E-state index in [2.05, 4.69) is 4.99 Å². The first-order valence-corrected chi connectivity index (χ1v) is 3.91. The Balaban J connectivity index is 2.20. The van der Waals surface area contributed by atoms with Crippen molar-refractivity contribution in [3.63, 3.8) is 0 Å². The molecule has 0 radical (unpaired) electrons. The van der Waals surface area contributed by atoms with Crippen molar-refractivity contribution in [3.05, 3.63) is 0 Å². The molecule has 0 aromatic heterocycles. The van der Waals surface area contributed by atoms with Crippen LogP contribution in [0.15, 0.2) is 4.99 Å². The summed E-state index contributed by atoms with van der Waals surface area (Å²) in [6.45, 7) is 0.957. The predicted octanol–water partition coefficient (Wildman–Crippen LogP) is 1.20. The number of hydrogen-bond acceptors (Lipinski definition) is 2. The van der Waals surface area contributed by atoms with E-state index in [1.807, 2.05) is 0 Å². The molecule has 1 heterocycles. The highest BCUT2D eigenvalue weighted by Crippen LogP contribution is 2.27. The van der Waals surface area contributed by atoms with Gasteiger partial charge in [0.25, 0.3) is 0 Å². The molecule has 54 valence electrons. The Morgan fingerprint density at radius 2 is 2.40 bits per heavy atom. The van der Waals surface area contributed by atoms with Gasteiger partial charge in [-0.25, -0.2) is 0 Å². The summed E-state index contributed by atoms with van der Waals surface area (Å²) in [6, 6.07) is 0. The monoisotopic (exact) mass is 137 g/mol. The van der Waals surface area contributed by atoms with Crippen LogP contribution in [-0.4, -0.2) is 18.0 Å². The van der Waals surface area contributed by atoms with E-state index in [1.54, 1.807) is 0 Å². The van der Waals surface area contributed by atoms with Crippen LogP contribution in [0.3, 0.4) is 0 Å². The summed E-state index contributed by atoms with van der Waals surface area (Å²) in [6.07, 6.45) is 3.81. The second kappa shape index (κ2) is 2.19. The predicted molar refractivity (Wildman–Crippen MR) is 39.3 cm³/mol. The number of carbonyl (C=O) groups excluding carboxylic acids is 1. The first-order chi connectivity index (χ1) is 4.86. The van der Waals surface area contributed by atoms with Crippen molar-refractivity contribution in [1.29, 1.82) is 0 Å². The van der Waals surface area contributed by atoms with Crippen LogP contribution in [0.1, 0.15) is 25.7 Å². The molecule has 0 aromatic rings. The largest absolute Gasteiger partial charge is 0.299 e. The molecule has 1 aliphatic carbocycles. The molecular formula is C8H11NO. The molecule has 0 aromatic carbocycles. The summed E-state index contributed by atoms with van der Waals surface area (Å²) < 4.78 is 0. The van der Waals surface area contributed by atoms with Gasteiger partial charge in [-0.3, -0.25) is 9.79 Å². The van der Waals surface area contributed by atoms with Gasteiger partial charge in [0.15, 0.2) is 0 Å². The molecule has 0 saturated heterocycles. The lowest BCUT2D eigenvalue weighted by atomic mass is 9.98. The van der Waals surface area contributed by atoms with Crippen LogP contribution in [0.5, 0.6) is 0 Å². The summed E-state index contributed by atoms with van der Waals surface area (Å²) in [5.41, 5.74) is 1.19. The van der Waals surface area contributed by atoms with E-state index in [1.165, 1.54) is 18.6 Å². The third-order valence-electron chi connectivity index (χ3n) is 2.35. The van der Waals surface area contributed by atoms with Crippen molar-refractivity contribution in [1.82, 2.24) is 0 Å². The zero-order chi connectivity index (χ0) is 6.97. The van der Waals surface area contributed by atoms with E-state index in [0.717, 1.165) is 13.0 Å². The Hall–Kier alpha value is -0.660. The Morgan fingerprint density at radius 3 is 3.20 bits per heavy atom. The molecule has 2 rings (SSSR count). The average molecular weight is 137 g/mol. The highest BCUT2D eigenvalue weighted by atomic mass is 16.1. The minimum Gasteiger partial charge on any atom is -0.299 e. The standard InChI is InChI=1S/C8H11NO/c10-7-4-6-2-1-3-9-8(6)5-7/h6H,1-5H2. The summed E-state index contributed by atoms with van der Waals surface area (Å²) >= 11 is 0. The molecule has 1 aliphatic heterocycles. The number of aliphatic imine (C=N–C) groups is 1. The number of fused-ring (bicyclic) bond motifs is 1. The van der Waals surface area contributed by atoms with Crippen LogP contribution in [0.25, 0.3) is 0 Å². The molecule has 2 heteroatoms. The maximum Gasteiger partial charge on any atom is 0.139 e. The SMILES string of the molecule is O=C1CC2=NCCCC2C1. The first kappa shape index (κ1) is 6.08. The summed E-state index contributed by atoms with van der Waals surface area (Å²) in [5.74, 6) is 0.937. The molecule has 1 atom stereocenters. The minimum atomic E-state index is 0.394. The van der Waals surface area contributed by atoms with Crippen LogP contribution in [0.2, 0.25) is 0 Å². The second-order valence-corrected chi connectivity index (χ2v) is 3.13. The molecule has 1 unspecified atom stereocenters. The first-order valence-electron chi connectivity index (χ1n) is 3.91. The van der Waals surface area contributed by atoms with Crippen molar-refractivity contribution < 1.29 is 4.79 Å². The van der Waals surface area contributed by atoms with E-state index >= 15 is 0 Å². The smallest absolute Gasteiger partial charge is 0.139 e. The zero-order valence-corrected chi connectivity index (χ0v) is 5.97. The third-order valence-corrected chi connectivity index (χ3v) is 2.35. The number of ketones is 1. The van der Waals surface area contributed by atoms with Crippen molar-refractivity contribution in [2.24, 2.45) is 10.9 Å². The van der Waals surface area contributed by atoms with Gasteiger partial charge in [-0.1, -0.05) is 0 Å². The van der Waals surface area contributed by atoms with Crippen LogP contribution in [0.4, 0.5) is 0 Å². The lowest BCUT2D eigenvalue weighted by molar-refractivity contribution is -0.117. The second-order valence-electron chi connectivity index (χ2n) is 3.13. The van der Waals surface area contributed by atoms with Crippen LogP contribution < -0.4 is 0 Å². The van der Waals surface area contributed by atoms with E-state index < -0.39 is 0 Å². The Morgan fingerprint density at radius 1 is 1.50 bits per heavy atom. The lowest BCUT2D eigenvalue weighted by Gasteiger charge is -2.13. The molecule has 0 bridgehead atoms. The molecule has 2 aliphatic rings. The van der Waals surface area contributed by atoms with Gasteiger partial charge < -0.3 is 0 Å². The maximum atomic E-state index is 10.9. The Bertz CT molecular complexity index is 195. The fraction of sp³-hybridized carbons (Fsp3) is 0.750. The number of nitrogens with zero attached hydrogens (tertiary/aromatic N) is 1. The fourth-order valence-corrected chi connectivity index (χ4v) is 1.83. The van der Waals surface area contributed by atoms with Gasteiger partial charge in [-0.2, -0.15) is 0 Å². The highest BCUT2D eigenvalue weighted by molar-refractivity contribution is 6.09. The van der Waals surface area contributed by atoms with Crippen LogP contribution in [0, 0.1) is 5.92 Å². The van der Waals surface area contributed by atoms with Gasteiger partial charge in [0.2, 0.25) is 0 Å². The average Bonchev–Trinajstić information content (AvgIpc) is 2.27. The third kappa shape index (κ3) is 0.877. The lowest BCUT2D eigenvalue weighted by Crippen LogP contribution is -2.12. The van der Waals surface area contributed by atoms with Crippen molar-refractivity contribution in [2.75, 3.05) is 6.54 Å². The van der Waals surface area contributed by atoms with E-state index in [4.69, 9.17) is 0 Å². The number of rotatable bonds is 0. The van der Waals surface area contributed by atoms with Gasteiger partial charge in [0.05, 0.1) is 0 Å². The van der Waals surface area contributed by atoms with Gasteiger partial charge >= 0.3 is 0 Å². The molecule has 1 saturated carbocycles. The normalized spacial score (nSPS) is 31.8. The zero-order valence-electron chi connectivity index (χ0n) is 5.97. The Kier molecular flexibility index (Phi) is 1.33. The fourth-order valence-electron chi connectivity index (χ4n) is 1.83. The number of hydrogen-bond donors (Lipinski definition) is 0. The van der Waals surface area contributed by atoms with Crippen molar-refractivity contribution in [2.45, 2.75) is 25.7 Å². The van der Waals surface area contributed by atoms with E-state index in [-0.39, 0.29) is 0 Å². The molecule has 0 amide bonds. The van der Waals surface area contributed by atoms with Gasteiger partial charge in [-0.05, 0) is 12.8 Å². The molecule has 0 N–H and O–H groups in total. The van der Waals surface area contributed by atoms with Crippen LogP contribution >= 0.6 is 0 Å².